The Bertz CT molecular complexity index is 766. The minimum absolute atomic E-state index is 0.00189. The van der Waals surface area contributed by atoms with Crippen LogP contribution in [0.1, 0.15) is 39.0 Å². The van der Waals surface area contributed by atoms with Crippen molar-refractivity contribution in [3.63, 3.8) is 0 Å². The minimum Gasteiger partial charge on any atom is -0.466 e. The van der Waals surface area contributed by atoms with Gasteiger partial charge in [0, 0.05) is 0 Å². The molecule has 0 fully saturated rings. The molecule has 29 heavy (non-hydrogen) atoms. The maximum Gasteiger partial charge on any atom is 0.407 e. The summed E-state index contributed by atoms with van der Waals surface area (Å²) in [7, 11) is -2.09. The molecule has 0 aliphatic rings. The summed E-state index contributed by atoms with van der Waals surface area (Å²) in [4.78, 5) is 12.4. The van der Waals surface area contributed by atoms with Gasteiger partial charge in [-0.15, -0.1) is 0 Å². The van der Waals surface area contributed by atoms with Crippen molar-refractivity contribution in [2.24, 2.45) is 0 Å². The highest BCUT2D eigenvalue weighted by molar-refractivity contribution is 6.74. The van der Waals surface area contributed by atoms with E-state index in [1.165, 1.54) is 6.26 Å². The van der Waals surface area contributed by atoms with Crippen molar-refractivity contribution in [1.82, 2.24) is 5.32 Å². The lowest BCUT2D eigenvalue weighted by Gasteiger charge is -2.39. The van der Waals surface area contributed by atoms with Crippen molar-refractivity contribution < 1.29 is 23.5 Å². The van der Waals surface area contributed by atoms with Crippen LogP contribution in [0.3, 0.4) is 0 Å². The Labute approximate surface area is 174 Å². The van der Waals surface area contributed by atoms with E-state index in [0.717, 1.165) is 5.56 Å². The molecule has 0 unspecified atom stereocenters. The Hall–Kier alpha value is -2.09. The van der Waals surface area contributed by atoms with Crippen LogP contribution in [-0.4, -0.2) is 32.2 Å². The quantitative estimate of drug-likeness (QED) is 0.601. The predicted molar refractivity (Wildman–Crippen MR) is 115 cm³/mol. The Morgan fingerprint density at radius 2 is 1.79 bits per heavy atom. The Kier molecular flexibility index (Phi) is 7.32. The van der Waals surface area contributed by atoms with Crippen molar-refractivity contribution in [2.75, 3.05) is 6.61 Å². The van der Waals surface area contributed by atoms with Crippen LogP contribution in [0.5, 0.6) is 0 Å². The topological polar surface area (TPSA) is 80.9 Å². The van der Waals surface area contributed by atoms with Crippen LogP contribution in [-0.2, 0) is 21.4 Å². The molecule has 0 saturated carbocycles. The molecule has 2 aromatic rings. The van der Waals surface area contributed by atoms with Gasteiger partial charge in [-0.3, -0.25) is 0 Å². The fourth-order valence-corrected chi connectivity index (χ4v) is 3.51. The maximum atomic E-state index is 12.4. The zero-order valence-electron chi connectivity index (χ0n) is 18.2. The van der Waals surface area contributed by atoms with Crippen molar-refractivity contribution in [3.05, 3.63) is 60.1 Å². The van der Waals surface area contributed by atoms with Gasteiger partial charge in [0.05, 0.1) is 18.9 Å². The number of furan rings is 1. The van der Waals surface area contributed by atoms with Crippen LogP contribution >= 0.6 is 0 Å². The van der Waals surface area contributed by atoms with E-state index < -0.39 is 26.1 Å². The summed E-state index contributed by atoms with van der Waals surface area (Å²) < 4.78 is 17.0. The standard InChI is InChI=1S/C22H33NO5Si/c1-21(2,3)29(5,6)28-16-18(22(4,25)19-13-10-14-26-19)23-20(24)27-15-17-11-8-7-9-12-17/h7-14,18,25H,15-16H2,1-6H3,(H,23,24)/t18-,22+/m0/s1. The lowest BCUT2D eigenvalue weighted by molar-refractivity contribution is -0.0214. The van der Waals surface area contributed by atoms with Gasteiger partial charge in [0.1, 0.15) is 18.0 Å². The average molecular weight is 420 g/mol. The van der Waals surface area contributed by atoms with E-state index in [0.29, 0.717) is 5.76 Å². The summed E-state index contributed by atoms with van der Waals surface area (Å²) in [5, 5.41) is 13.9. The van der Waals surface area contributed by atoms with E-state index in [2.05, 4.69) is 39.2 Å². The highest BCUT2D eigenvalue weighted by Gasteiger charge is 2.42. The third-order valence-electron chi connectivity index (χ3n) is 5.62. The Morgan fingerprint density at radius 3 is 2.34 bits per heavy atom. The highest BCUT2D eigenvalue weighted by Crippen LogP contribution is 2.37. The number of hydrogen-bond acceptors (Lipinski definition) is 5. The molecule has 2 N–H and O–H groups in total. The van der Waals surface area contributed by atoms with E-state index >= 15 is 0 Å². The van der Waals surface area contributed by atoms with Crippen LogP contribution in [0.15, 0.2) is 53.1 Å². The molecule has 160 valence electrons. The summed E-state index contributed by atoms with van der Waals surface area (Å²) in [5.74, 6) is 0.352. The summed E-state index contributed by atoms with van der Waals surface area (Å²) in [6.45, 7) is 12.6. The van der Waals surface area contributed by atoms with Gasteiger partial charge in [0.15, 0.2) is 8.32 Å². The number of alkyl carbamates (subject to hydrolysis) is 1. The number of carbonyl (C=O) groups excluding carboxylic acids is 1. The third kappa shape index (κ3) is 6.19. The largest absolute Gasteiger partial charge is 0.466 e. The second kappa shape index (κ2) is 9.15. The number of carbonyl (C=O) groups is 1. The van der Waals surface area contributed by atoms with Gasteiger partial charge in [-0.1, -0.05) is 51.1 Å². The minimum atomic E-state index is -2.09. The zero-order chi connectivity index (χ0) is 21.7. The maximum absolute atomic E-state index is 12.4. The normalized spacial score (nSPS) is 15.4. The number of aliphatic hydroxyl groups is 1. The van der Waals surface area contributed by atoms with E-state index in [9.17, 15) is 9.90 Å². The van der Waals surface area contributed by atoms with Crippen LogP contribution < -0.4 is 5.32 Å². The molecule has 2 atom stereocenters. The number of rotatable bonds is 8. The molecular weight excluding hydrogens is 386 g/mol. The van der Waals surface area contributed by atoms with E-state index in [4.69, 9.17) is 13.6 Å². The lowest BCUT2D eigenvalue weighted by Crippen LogP contribution is -2.54. The van der Waals surface area contributed by atoms with Gasteiger partial charge in [-0.05, 0) is 42.8 Å². The van der Waals surface area contributed by atoms with Gasteiger partial charge in [0.2, 0.25) is 0 Å². The second-order valence-electron chi connectivity index (χ2n) is 8.95. The molecule has 0 radical (unpaired) electrons. The van der Waals surface area contributed by atoms with Gasteiger partial charge in [-0.2, -0.15) is 0 Å². The average Bonchev–Trinajstić information content (AvgIpc) is 3.19. The van der Waals surface area contributed by atoms with Gasteiger partial charge in [-0.25, -0.2) is 4.79 Å². The van der Waals surface area contributed by atoms with Gasteiger partial charge < -0.3 is 24.0 Å². The Balaban J connectivity index is 2.10. The summed E-state index contributed by atoms with van der Waals surface area (Å²) in [6, 6.07) is 12.1. The van der Waals surface area contributed by atoms with Crippen LogP contribution in [0, 0.1) is 0 Å². The Morgan fingerprint density at radius 1 is 1.14 bits per heavy atom. The first-order chi connectivity index (χ1) is 13.4. The molecule has 0 spiro atoms. The van der Waals surface area contributed by atoms with Crippen LogP contribution in [0.2, 0.25) is 18.1 Å². The highest BCUT2D eigenvalue weighted by atomic mass is 28.4. The molecule has 1 amide bonds. The molecule has 1 heterocycles. The fraction of sp³-hybridized carbons (Fsp3) is 0.500. The molecule has 6 nitrogen and oxygen atoms in total. The first kappa shape index (κ1) is 23.2. The molecule has 2 rings (SSSR count). The first-order valence-corrected chi connectivity index (χ1v) is 12.7. The molecule has 1 aromatic heterocycles. The SMILES string of the molecule is CC(C)(C)[Si](C)(C)OC[C@H](NC(=O)OCc1ccccc1)[C@@](C)(O)c1ccco1. The number of hydrogen-bond donors (Lipinski definition) is 2. The lowest BCUT2D eigenvalue weighted by atomic mass is 9.94. The molecule has 7 heteroatoms. The molecule has 0 saturated heterocycles. The summed E-state index contributed by atoms with van der Waals surface area (Å²) in [5.41, 5.74) is -0.577. The number of benzene rings is 1. The fourth-order valence-electron chi connectivity index (χ4n) is 2.50. The van der Waals surface area contributed by atoms with Gasteiger partial charge >= 0.3 is 6.09 Å². The monoisotopic (exact) mass is 419 g/mol. The van der Waals surface area contributed by atoms with Gasteiger partial charge in [0.25, 0.3) is 0 Å². The van der Waals surface area contributed by atoms with Crippen LogP contribution in [0.4, 0.5) is 4.79 Å². The molecule has 0 aliphatic carbocycles. The summed E-state index contributed by atoms with van der Waals surface area (Å²) >= 11 is 0. The molecule has 0 bridgehead atoms. The van der Waals surface area contributed by atoms with Crippen molar-refractivity contribution in [2.45, 2.75) is 64.1 Å². The van der Waals surface area contributed by atoms with Crippen molar-refractivity contribution >= 4 is 14.4 Å². The zero-order valence-corrected chi connectivity index (χ0v) is 19.2. The summed E-state index contributed by atoms with van der Waals surface area (Å²) in [6.07, 6.45) is 0.869. The second-order valence-corrected chi connectivity index (χ2v) is 13.8. The molecular formula is C22H33NO5Si. The predicted octanol–water partition coefficient (Wildman–Crippen LogP) is 4.80. The molecule has 1 aromatic carbocycles. The van der Waals surface area contributed by atoms with E-state index in [-0.39, 0.29) is 18.3 Å². The number of amides is 1. The number of nitrogens with one attached hydrogen (secondary N) is 1. The van der Waals surface area contributed by atoms with E-state index in [1.807, 2.05) is 30.3 Å². The van der Waals surface area contributed by atoms with E-state index in [1.54, 1.807) is 19.1 Å². The first-order valence-electron chi connectivity index (χ1n) is 9.81. The van der Waals surface area contributed by atoms with Crippen molar-refractivity contribution in [1.29, 1.82) is 0 Å². The smallest absolute Gasteiger partial charge is 0.407 e. The number of ether oxygens (including phenoxy) is 1. The van der Waals surface area contributed by atoms with Crippen molar-refractivity contribution in [3.8, 4) is 0 Å². The molecule has 0 aliphatic heterocycles. The third-order valence-corrected chi connectivity index (χ3v) is 10.1. The van der Waals surface area contributed by atoms with Crippen LogP contribution in [0.25, 0.3) is 0 Å².